The van der Waals surface area contributed by atoms with Gasteiger partial charge in [0.05, 0.1) is 0 Å². The second-order valence-electron chi connectivity index (χ2n) is 4.76. The topological polar surface area (TPSA) is 62.7 Å². The van der Waals surface area contributed by atoms with E-state index in [0.717, 1.165) is 28.3 Å². The fourth-order valence-electron chi connectivity index (χ4n) is 2.10. The first-order chi connectivity index (χ1) is 9.70. The summed E-state index contributed by atoms with van der Waals surface area (Å²) >= 11 is 7.72. The van der Waals surface area contributed by atoms with E-state index in [0.29, 0.717) is 17.7 Å². The van der Waals surface area contributed by atoms with Crippen LogP contribution in [0.15, 0.2) is 33.0 Å². The molecule has 7 heteroatoms. The van der Waals surface area contributed by atoms with Crippen molar-refractivity contribution in [2.45, 2.75) is 35.5 Å². The van der Waals surface area contributed by atoms with Crippen molar-refractivity contribution in [1.82, 2.24) is 20.1 Å². The van der Waals surface area contributed by atoms with Gasteiger partial charge in [0, 0.05) is 22.5 Å². The van der Waals surface area contributed by atoms with Gasteiger partial charge in [-0.05, 0) is 49.3 Å². The third-order valence-corrected chi connectivity index (χ3v) is 4.64. The van der Waals surface area contributed by atoms with Crippen molar-refractivity contribution in [3.8, 4) is 0 Å². The van der Waals surface area contributed by atoms with Gasteiger partial charge in [0.1, 0.15) is 0 Å². The van der Waals surface area contributed by atoms with Crippen molar-refractivity contribution in [3.05, 3.63) is 39.3 Å². The van der Waals surface area contributed by atoms with Gasteiger partial charge in [0.2, 0.25) is 0 Å². The highest BCUT2D eigenvalue weighted by Gasteiger charge is 2.29. The average Bonchev–Trinajstić information content (AvgIpc) is 3.19. The van der Waals surface area contributed by atoms with Crippen molar-refractivity contribution in [3.63, 3.8) is 0 Å². The lowest BCUT2D eigenvalue weighted by atomic mass is 10.2. The highest BCUT2D eigenvalue weighted by Crippen LogP contribution is 2.39. The SMILES string of the molecule is CNCc1c(Cl)cccc1Sc1n[nH]c(=O)n1C1CC1. The van der Waals surface area contributed by atoms with Gasteiger partial charge in [-0.2, -0.15) is 0 Å². The zero-order valence-electron chi connectivity index (χ0n) is 11.0. The maximum absolute atomic E-state index is 11.8. The predicted molar refractivity (Wildman–Crippen MR) is 79.5 cm³/mol. The molecule has 0 saturated heterocycles. The van der Waals surface area contributed by atoms with Gasteiger partial charge in [0.15, 0.2) is 5.16 Å². The molecule has 1 aliphatic rings. The van der Waals surface area contributed by atoms with Gasteiger partial charge in [-0.15, -0.1) is 5.10 Å². The molecule has 1 heterocycles. The van der Waals surface area contributed by atoms with Crippen molar-refractivity contribution in [2.75, 3.05) is 7.05 Å². The van der Waals surface area contributed by atoms with Gasteiger partial charge in [0.25, 0.3) is 0 Å². The summed E-state index contributed by atoms with van der Waals surface area (Å²) in [5, 5.41) is 11.2. The molecule has 0 aliphatic heterocycles. The van der Waals surface area contributed by atoms with Gasteiger partial charge < -0.3 is 5.32 Å². The summed E-state index contributed by atoms with van der Waals surface area (Å²) in [4.78, 5) is 12.8. The zero-order valence-corrected chi connectivity index (χ0v) is 12.6. The number of rotatable bonds is 5. The molecular formula is C13H15ClN4OS. The molecular weight excluding hydrogens is 296 g/mol. The van der Waals surface area contributed by atoms with Crippen LogP contribution in [0.3, 0.4) is 0 Å². The van der Waals surface area contributed by atoms with Crippen LogP contribution in [-0.2, 0) is 6.54 Å². The second-order valence-corrected chi connectivity index (χ2v) is 6.18. The molecule has 3 rings (SSSR count). The molecule has 0 amide bonds. The molecule has 0 radical (unpaired) electrons. The van der Waals surface area contributed by atoms with Crippen LogP contribution in [0, 0.1) is 0 Å². The van der Waals surface area contributed by atoms with E-state index in [2.05, 4.69) is 15.5 Å². The third-order valence-electron chi connectivity index (χ3n) is 3.21. The Labute approximate surface area is 125 Å². The summed E-state index contributed by atoms with van der Waals surface area (Å²) in [5.74, 6) is 0. The van der Waals surface area contributed by atoms with E-state index < -0.39 is 0 Å². The van der Waals surface area contributed by atoms with E-state index in [1.807, 2.05) is 25.2 Å². The van der Waals surface area contributed by atoms with E-state index in [9.17, 15) is 4.79 Å². The summed E-state index contributed by atoms with van der Waals surface area (Å²) < 4.78 is 1.74. The molecule has 0 bridgehead atoms. The smallest absolute Gasteiger partial charge is 0.316 e. The van der Waals surface area contributed by atoms with Crippen molar-refractivity contribution < 1.29 is 0 Å². The third kappa shape index (κ3) is 2.63. The first-order valence-corrected chi connectivity index (χ1v) is 7.67. The Morgan fingerprint density at radius 3 is 3.05 bits per heavy atom. The van der Waals surface area contributed by atoms with Crippen LogP contribution in [0.2, 0.25) is 5.02 Å². The van der Waals surface area contributed by atoms with Crippen molar-refractivity contribution >= 4 is 23.4 Å². The molecule has 106 valence electrons. The fraction of sp³-hybridized carbons (Fsp3) is 0.385. The van der Waals surface area contributed by atoms with E-state index in [1.54, 1.807) is 4.57 Å². The molecule has 0 atom stereocenters. The number of nitrogens with zero attached hydrogens (tertiary/aromatic N) is 2. The highest BCUT2D eigenvalue weighted by molar-refractivity contribution is 7.99. The van der Waals surface area contributed by atoms with E-state index in [-0.39, 0.29) is 5.69 Å². The maximum Gasteiger partial charge on any atom is 0.344 e. The summed E-state index contributed by atoms with van der Waals surface area (Å²) in [7, 11) is 1.88. The number of nitrogens with one attached hydrogen (secondary N) is 2. The van der Waals surface area contributed by atoms with Gasteiger partial charge >= 0.3 is 5.69 Å². The molecule has 5 nitrogen and oxygen atoms in total. The Morgan fingerprint density at radius 2 is 2.35 bits per heavy atom. The minimum Gasteiger partial charge on any atom is -0.316 e. The molecule has 1 saturated carbocycles. The minimum atomic E-state index is -0.132. The quantitative estimate of drug-likeness (QED) is 0.890. The molecule has 1 aromatic heterocycles. The molecule has 1 aliphatic carbocycles. The lowest BCUT2D eigenvalue weighted by Crippen LogP contribution is -2.16. The van der Waals surface area contributed by atoms with E-state index in [1.165, 1.54) is 11.8 Å². The molecule has 0 unspecified atom stereocenters. The Hall–Kier alpha value is -1.24. The lowest BCUT2D eigenvalue weighted by molar-refractivity contribution is 0.642. The van der Waals surface area contributed by atoms with Crippen LogP contribution in [-0.4, -0.2) is 21.8 Å². The second kappa shape index (κ2) is 5.63. The highest BCUT2D eigenvalue weighted by atomic mass is 35.5. The number of halogens is 1. The zero-order chi connectivity index (χ0) is 14.1. The summed E-state index contributed by atoms with van der Waals surface area (Å²) in [6.45, 7) is 0.681. The fourth-order valence-corrected chi connectivity index (χ4v) is 3.47. The normalized spacial score (nSPS) is 14.7. The molecule has 20 heavy (non-hydrogen) atoms. The van der Waals surface area contributed by atoms with E-state index in [4.69, 9.17) is 11.6 Å². The Balaban J connectivity index is 1.95. The Morgan fingerprint density at radius 1 is 1.55 bits per heavy atom. The van der Waals surface area contributed by atoms with Crippen LogP contribution in [0.1, 0.15) is 24.4 Å². The minimum absolute atomic E-state index is 0.132. The lowest BCUT2D eigenvalue weighted by Gasteiger charge is -2.10. The van der Waals surface area contributed by atoms with Crippen LogP contribution in [0.25, 0.3) is 0 Å². The molecule has 1 fully saturated rings. The Bertz CT molecular complexity index is 677. The standard InChI is InChI=1S/C13H15ClN4OS/c1-15-7-9-10(14)3-2-4-11(9)20-13-17-16-12(19)18(13)8-5-6-8/h2-4,8,15H,5-7H2,1H3,(H,16,19). The molecule has 2 aromatic rings. The number of H-pyrrole nitrogens is 1. The predicted octanol–water partition coefficient (Wildman–Crippen LogP) is 2.43. The number of hydrogen-bond acceptors (Lipinski definition) is 4. The first kappa shape index (κ1) is 13.7. The van der Waals surface area contributed by atoms with Crippen molar-refractivity contribution in [1.29, 1.82) is 0 Å². The molecule has 2 N–H and O–H groups in total. The molecule has 1 aromatic carbocycles. The largest absolute Gasteiger partial charge is 0.344 e. The first-order valence-electron chi connectivity index (χ1n) is 6.47. The number of aromatic amines is 1. The summed E-state index contributed by atoms with van der Waals surface area (Å²) in [6, 6.07) is 6.09. The number of aromatic nitrogens is 3. The molecule has 0 spiro atoms. The van der Waals surface area contributed by atoms with Gasteiger partial charge in [-0.1, -0.05) is 17.7 Å². The number of benzene rings is 1. The van der Waals surface area contributed by atoms with Crippen LogP contribution >= 0.6 is 23.4 Å². The van der Waals surface area contributed by atoms with Crippen molar-refractivity contribution in [2.24, 2.45) is 0 Å². The van der Waals surface area contributed by atoms with Crippen LogP contribution < -0.4 is 11.0 Å². The summed E-state index contributed by atoms with van der Waals surface area (Å²) in [6.07, 6.45) is 2.10. The monoisotopic (exact) mass is 310 g/mol. The average molecular weight is 311 g/mol. The van der Waals surface area contributed by atoms with Gasteiger partial charge in [-0.25, -0.2) is 9.89 Å². The Kier molecular flexibility index (Phi) is 3.87. The van der Waals surface area contributed by atoms with Crippen LogP contribution in [0.5, 0.6) is 0 Å². The van der Waals surface area contributed by atoms with E-state index >= 15 is 0 Å². The van der Waals surface area contributed by atoms with Crippen LogP contribution in [0.4, 0.5) is 0 Å². The maximum atomic E-state index is 11.8. The summed E-state index contributed by atoms with van der Waals surface area (Å²) in [5.41, 5.74) is 0.895. The van der Waals surface area contributed by atoms with Gasteiger partial charge in [-0.3, -0.25) is 4.57 Å². The number of hydrogen-bond donors (Lipinski definition) is 2.